The topological polar surface area (TPSA) is 76.2 Å². The molecular weight excluding hydrogens is 222 g/mol. The Morgan fingerprint density at radius 2 is 2.41 bits per heavy atom. The van der Waals surface area contributed by atoms with E-state index in [9.17, 15) is 4.79 Å². The van der Waals surface area contributed by atoms with Crippen molar-refractivity contribution in [1.82, 2.24) is 10.2 Å². The van der Waals surface area contributed by atoms with Gasteiger partial charge >= 0.3 is 0 Å². The first kappa shape index (κ1) is 12.1. The summed E-state index contributed by atoms with van der Waals surface area (Å²) in [5, 5.41) is 9.60. The summed E-state index contributed by atoms with van der Waals surface area (Å²) in [4.78, 5) is 11.8. The third-order valence-corrected chi connectivity index (χ3v) is 2.58. The minimum atomic E-state index is -0.539. The Morgan fingerprint density at radius 1 is 1.59 bits per heavy atom. The van der Waals surface area contributed by atoms with Gasteiger partial charge in [0.05, 0.1) is 19.8 Å². The Morgan fingerprint density at radius 3 is 3.00 bits per heavy atom. The predicted molar refractivity (Wildman–Crippen MR) is 61.9 cm³/mol. The van der Waals surface area contributed by atoms with Gasteiger partial charge in [0.15, 0.2) is 11.9 Å². The maximum Gasteiger partial charge on any atom is 0.257 e. The molecule has 1 amide bonds. The Bertz CT molecular complexity index is 383. The van der Waals surface area contributed by atoms with Gasteiger partial charge in [0.2, 0.25) is 0 Å². The van der Waals surface area contributed by atoms with Crippen molar-refractivity contribution in [3.63, 3.8) is 0 Å². The molecule has 0 spiro atoms. The maximum absolute atomic E-state index is 11.8. The van der Waals surface area contributed by atoms with Crippen molar-refractivity contribution in [2.45, 2.75) is 25.9 Å². The molecule has 0 aliphatic carbocycles. The fourth-order valence-corrected chi connectivity index (χ4v) is 1.54. The summed E-state index contributed by atoms with van der Waals surface area (Å²) < 4.78 is 10.5. The van der Waals surface area contributed by atoms with E-state index in [1.165, 1.54) is 0 Å². The zero-order valence-electron chi connectivity index (χ0n) is 10.0. The molecule has 6 heteroatoms. The van der Waals surface area contributed by atoms with E-state index < -0.39 is 6.10 Å². The van der Waals surface area contributed by atoms with Crippen molar-refractivity contribution < 1.29 is 14.3 Å². The Hall–Kier alpha value is -1.40. The second-order valence-corrected chi connectivity index (χ2v) is 4.29. The molecule has 1 aromatic rings. The minimum Gasteiger partial charge on any atom is -0.376 e. The van der Waals surface area contributed by atoms with Gasteiger partial charge in [-0.05, 0) is 5.92 Å². The average Bonchev–Trinajstić information content (AvgIpc) is 2.79. The lowest BCUT2D eigenvalue weighted by Crippen LogP contribution is -2.39. The summed E-state index contributed by atoms with van der Waals surface area (Å²) in [5.41, 5.74) is 0.987. The lowest BCUT2D eigenvalue weighted by atomic mass is 10.1. The fraction of sp³-hybridized carbons (Fsp3) is 0.636. The standard InChI is InChI=1S/C11H17N3O3/c1-7(2)8-5-10(14-13-8)12-11(15)9-6-16-3-4-17-9/h5,7,9H,3-4,6H2,1-2H3,(H2,12,13,14,15). The molecule has 0 aromatic carbocycles. The smallest absolute Gasteiger partial charge is 0.257 e. The van der Waals surface area contributed by atoms with Crippen LogP contribution in [-0.2, 0) is 14.3 Å². The molecule has 2 heterocycles. The fourth-order valence-electron chi connectivity index (χ4n) is 1.54. The SMILES string of the molecule is CC(C)c1cc(NC(=O)C2COCCO2)n[nH]1. The number of nitrogens with one attached hydrogen (secondary N) is 2. The van der Waals surface area contributed by atoms with Gasteiger partial charge in [0.25, 0.3) is 5.91 Å². The Balaban J connectivity index is 1.92. The molecule has 0 saturated carbocycles. The van der Waals surface area contributed by atoms with E-state index in [2.05, 4.69) is 29.4 Å². The van der Waals surface area contributed by atoms with Crippen molar-refractivity contribution >= 4 is 11.7 Å². The summed E-state index contributed by atoms with van der Waals surface area (Å²) >= 11 is 0. The molecule has 94 valence electrons. The second kappa shape index (κ2) is 5.29. The molecule has 6 nitrogen and oxygen atoms in total. The van der Waals surface area contributed by atoms with Crippen LogP contribution in [0, 0.1) is 0 Å². The van der Waals surface area contributed by atoms with Crippen LogP contribution >= 0.6 is 0 Å². The van der Waals surface area contributed by atoms with Crippen LogP contribution in [0.3, 0.4) is 0 Å². The third kappa shape index (κ3) is 3.04. The monoisotopic (exact) mass is 239 g/mol. The summed E-state index contributed by atoms with van der Waals surface area (Å²) in [5.74, 6) is 0.654. The Labute approximate surface area is 99.7 Å². The van der Waals surface area contributed by atoms with E-state index in [0.717, 1.165) is 5.69 Å². The van der Waals surface area contributed by atoms with E-state index >= 15 is 0 Å². The molecule has 1 atom stereocenters. The highest BCUT2D eigenvalue weighted by molar-refractivity contribution is 5.93. The number of hydrogen-bond acceptors (Lipinski definition) is 4. The number of hydrogen-bond donors (Lipinski definition) is 2. The molecule has 0 bridgehead atoms. The van der Waals surface area contributed by atoms with Crippen molar-refractivity contribution in [1.29, 1.82) is 0 Å². The van der Waals surface area contributed by atoms with Gasteiger partial charge in [-0.2, -0.15) is 5.10 Å². The summed E-state index contributed by atoms with van der Waals surface area (Å²) in [7, 11) is 0. The van der Waals surface area contributed by atoms with Crippen LogP contribution in [0.1, 0.15) is 25.5 Å². The number of H-pyrrole nitrogens is 1. The van der Waals surface area contributed by atoms with Crippen LogP contribution in [0.4, 0.5) is 5.82 Å². The first-order valence-corrected chi connectivity index (χ1v) is 5.72. The minimum absolute atomic E-state index is 0.216. The molecule has 1 aliphatic heterocycles. The van der Waals surface area contributed by atoms with Gasteiger partial charge in [-0.25, -0.2) is 0 Å². The summed E-state index contributed by atoms with van der Waals surface area (Å²) in [6.07, 6.45) is -0.539. The first-order valence-electron chi connectivity index (χ1n) is 5.72. The van der Waals surface area contributed by atoms with Crippen LogP contribution < -0.4 is 5.32 Å². The molecule has 1 unspecified atom stereocenters. The second-order valence-electron chi connectivity index (χ2n) is 4.29. The van der Waals surface area contributed by atoms with Gasteiger partial charge in [0, 0.05) is 11.8 Å². The van der Waals surface area contributed by atoms with Gasteiger partial charge < -0.3 is 14.8 Å². The molecule has 1 aromatic heterocycles. The van der Waals surface area contributed by atoms with Crippen molar-refractivity contribution in [2.75, 3.05) is 25.1 Å². The number of rotatable bonds is 3. The number of ether oxygens (including phenoxy) is 2. The van der Waals surface area contributed by atoms with E-state index in [1.54, 1.807) is 0 Å². The highest BCUT2D eigenvalue weighted by Crippen LogP contribution is 2.15. The van der Waals surface area contributed by atoms with Gasteiger partial charge in [0.1, 0.15) is 0 Å². The lowest BCUT2D eigenvalue weighted by molar-refractivity contribution is -0.142. The zero-order valence-corrected chi connectivity index (χ0v) is 10.0. The van der Waals surface area contributed by atoms with Gasteiger partial charge in [-0.3, -0.25) is 9.89 Å². The highest BCUT2D eigenvalue weighted by Gasteiger charge is 2.23. The number of carbonyl (C=O) groups excluding carboxylic acids is 1. The number of amides is 1. The zero-order chi connectivity index (χ0) is 12.3. The van der Waals surface area contributed by atoms with Crippen LogP contribution in [0.25, 0.3) is 0 Å². The van der Waals surface area contributed by atoms with Crippen LogP contribution in [0.5, 0.6) is 0 Å². The molecule has 17 heavy (non-hydrogen) atoms. The molecule has 2 rings (SSSR count). The molecule has 1 aliphatic rings. The van der Waals surface area contributed by atoms with E-state index in [0.29, 0.717) is 31.6 Å². The molecule has 0 radical (unpaired) electrons. The van der Waals surface area contributed by atoms with Crippen LogP contribution in [0.15, 0.2) is 6.07 Å². The van der Waals surface area contributed by atoms with E-state index in [-0.39, 0.29) is 5.91 Å². The van der Waals surface area contributed by atoms with Crippen LogP contribution in [-0.4, -0.2) is 42.0 Å². The largest absolute Gasteiger partial charge is 0.376 e. The van der Waals surface area contributed by atoms with E-state index in [4.69, 9.17) is 9.47 Å². The Kier molecular flexibility index (Phi) is 3.75. The van der Waals surface area contributed by atoms with Gasteiger partial charge in [-0.15, -0.1) is 0 Å². The number of aromatic nitrogens is 2. The summed E-state index contributed by atoms with van der Waals surface area (Å²) in [6.45, 7) is 5.40. The summed E-state index contributed by atoms with van der Waals surface area (Å²) in [6, 6.07) is 1.83. The lowest BCUT2D eigenvalue weighted by Gasteiger charge is -2.21. The van der Waals surface area contributed by atoms with Crippen LogP contribution in [0.2, 0.25) is 0 Å². The number of carbonyl (C=O) groups is 1. The average molecular weight is 239 g/mol. The van der Waals surface area contributed by atoms with Gasteiger partial charge in [-0.1, -0.05) is 13.8 Å². The third-order valence-electron chi connectivity index (χ3n) is 2.58. The molecule has 1 fully saturated rings. The molecule has 1 saturated heterocycles. The molecule has 2 N–H and O–H groups in total. The molecular formula is C11H17N3O3. The van der Waals surface area contributed by atoms with Crippen molar-refractivity contribution in [3.8, 4) is 0 Å². The maximum atomic E-state index is 11.8. The highest BCUT2D eigenvalue weighted by atomic mass is 16.6. The predicted octanol–water partition coefficient (Wildman–Crippen LogP) is 0.887. The number of nitrogens with zero attached hydrogens (tertiary/aromatic N) is 1. The van der Waals surface area contributed by atoms with Crippen molar-refractivity contribution in [2.24, 2.45) is 0 Å². The van der Waals surface area contributed by atoms with Crippen molar-refractivity contribution in [3.05, 3.63) is 11.8 Å². The van der Waals surface area contributed by atoms with E-state index in [1.807, 2.05) is 6.07 Å². The first-order chi connectivity index (χ1) is 8.16. The number of anilines is 1. The normalized spacial score (nSPS) is 20.5. The quantitative estimate of drug-likeness (QED) is 0.821. The number of aromatic amines is 1.